The molecule has 2 aromatic rings. The molecule has 0 aliphatic rings. The van der Waals surface area contributed by atoms with Gasteiger partial charge < -0.3 is 10.1 Å². The smallest absolute Gasteiger partial charge is 0.322 e. The maximum absolute atomic E-state index is 5.62. The normalized spacial score (nSPS) is 10.7. The van der Waals surface area contributed by atoms with E-state index in [0.717, 1.165) is 18.5 Å². The van der Waals surface area contributed by atoms with E-state index in [4.69, 9.17) is 4.74 Å². The van der Waals surface area contributed by atoms with Crippen molar-refractivity contribution in [2.45, 2.75) is 40.2 Å². The molecule has 0 radical (unpaired) electrons. The van der Waals surface area contributed by atoms with Crippen molar-refractivity contribution in [3.8, 4) is 17.4 Å². The minimum Gasteiger partial charge on any atom is -0.461 e. The van der Waals surface area contributed by atoms with Crippen molar-refractivity contribution in [2.24, 2.45) is 0 Å². The van der Waals surface area contributed by atoms with Crippen LogP contribution in [0.25, 0.3) is 11.4 Å². The van der Waals surface area contributed by atoms with Crippen LogP contribution < -0.4 is 10.1 Å². The van der Waals surface area contributed by atoms with Gasteiger partial charge in [-0.3, -0.25) is 0 Å². The molecule has 0 aliphatic carbocycles. The molecule has 112 valence electrons. The van der Waals surface area contributed by atoms with Crippen LogP contribution in [-0.4, -0.2) is 27.6 Å². The fraction of sp³-hybridized carbons (Fsp3) is 0.438. The van der Waals surface area contributed by atoms with Gasteiger partial charge in [0.05, 0.1) is 6.10 Å². The SMILES string of the molecule is CCCNc1nc(OC(C)C)nc(-c2cccc(C)c2)n1. The number of ether oxygens (including phenoxy) is 1. The lowest BCUT2D eigenvalue weighted by atomic mass is 10.1. The van der Waals surface area contributed by atoms with Crippen molar-refractivity contribution in [1.82, 2.24) is 15.0 Å². The highest BCUT2D eigenvalue weighted by molar-refractivity contribution is 5.57. The van der Waals surface area contributed by atoms with Crippen molar-refractivity contribution < 1.29 is 4.74 Å². The summed E-state index contributed by atoms with van der Waals surface area (Å²) in [5.41, 5.74) is 2.13. The van der Waals surface area contributed by atoms with Gasteiger partial charge in [-0.2, -0.15) is 15.0 Å². The number of aryl methyl sites for hydroxylation is 1. The van der Waals surface area contributed by atoms with Crippen LogP contribution in [-0.2, 0) is 0 Å². The fourth-order valence-corrected chi connectivity index (χ4v) is 1.85. The molecule has 0 spiro atoms. The first-order valence-corrected chi connectivity index (χ1v) is 7.32. The van der Waals surface area contributed by atoms with Gasteiger partial charge >= 0.3 is 6.01 Å². The highest BCUT2D eigenvalue weighted by Crippen LogP contribution is 2.20. The standard InChI is InChI=1S/C16H22N4O/c1-5-9-17-15-18-14(13-8-6-7-12(4)10-13)19-16(20-15)21-11(2)3/h6-8,10-11H,5,9H2,1-4H3,(H,17,18,19,20). The van der Waals surface area contributed by atoms with Crippen molar-refractivity contribution in [2.75, 3.05) is 11.9 Å². The number of hydrogen-bond acceptors (Lipinski definition) is 5. The van der Waals surface area contributed by atoms with E-state index in [9.17, 15) is 0 Å². The summed E-state index contributed by atoms with van der Waals surface area (Å²) in [6.07, 6.45) is 1.03. The summed E-state index contributed by atoms with van der Waals surface area (Å²) in [5, 5.41) is 3.19. The van der Waals surface area contributed by atoms with Crippen LogP contribution in [0.2, 0.25) is 0 Å². The van der Waals surface area contributed by atoms with Gasteiger partial charge in [-0.15, -0.1) is 0 Å². The second-order valence-corrected chi connectivity index (χ2v) is 5.23. The molecule has 1 N–H and O–H groups in total. The second-order valence-electron chi connectivity index (χ2n) is 5.23. The number of rotatable bonds is 6. The Morgan fingerprint density at radius 3 is 2.67 bits per heavy atom. The predicted octanol–water partition coefficient (Wildman–Crippen LogP) is 3.46. The van der Waals surface area contributed by atoms with Gasteiger partial charge in [-0.05, 0) is 33.3 Å². The van der Waals surface area contributed by atoms with Gasteiger partial charge in [0, 0.05) is 12.1 Å². The Hall–Kier alpha value is -2.17. The molecule has 0 unspecified atom stereocenters. The molecular weight excluding hydrogens is 264 g/mol. The summed E-state index contributed by atoms with van der Waals surface area (Å²) in [7, 11) is 0. The zero-order valence-electron chi connectivity index (χ0n) is 13.1. The van der Waals surface area contributed by atoms with E-state index in [2.05, 4.69) is 33.3 Å². The van der Waals surface area contributed by atoms with Crippen molar-refractivity contribution >= 4 is 5.95 Å². The molecule has 1 aromatic carbocycles. The van der Waals surface area contributed by atoms with Crippen molar-refractivity contribution in [3.05, 3.63) is 29.8 Å². The first kappa shape index (κ1) is 15.2. The van der Waals surface area contributed by atoms with Crippen LogP contribution in [0.15, 0.2) is 24.3 Å². The predicted molar refractivity (Wildman–Crippen MR) is 84.5 cm³/mol. The Morgan fingerprint density at radius 2 is 2.00 bits per heavy atom. The average Bonchev–Trinajstić information content (AvgIpc) is 2.44. The summed E-state index contributed by atoms with van der Waals surface area (Å²) in [6, 6.07) is 8.45. The Morgan fingerprint density at radius 1 is 1.19 bits per heavy atom. The molecule has 0 fully saturated rings. The maximum Gasteiger partial charge on any atom is 0.322 e. The van der Waals surface area contributed by atoms with Crippen LogP contribution in [0.3, 0.4) is 0 Å². The highest BCUT2D eigenvalue weighted by Gasteiger charge is 2.10. The maximum atomic E-state index is 5.62. The third-order valence-electron chi connectivity index (χ3n) is 2.77. The zero-order chi connectivity index (χ0) is 15.2. The summed E-state index contributed by atoms with van der Waals surface area (Å²) in [5.74, 6) is 1.18. The van der Waals surface area contributed by atoms with E-state index >= 15 is 0 Å². The molecule has 5 nitrogen and oxygen atoms in total. The minimum absolute atomic E-state index is 0.0248. The van der Waals surface area contributed by atoms with E-state index in [1.807, 2.05) is 39.0 Å². The topological polar surface area (TPSA) is 59.9 Å². The Kier molecular flexibility index (Phi) is 5.09. The second kappa shape index (κ2) is 7.02. The Bertz CT molecular complexity index is 599. The summed E-state index contributed by atoms with van der Waals surface area (Å²) in [6.45, 7) is 8.87. The number of hydrogen-bond donors (Lipinski definition) is 1. The molecule has 1 aromatic heterocycles. The molecule has 2 rings (SSSR count). The van der Waals surface area contributed by atoms with Gasteiger partial charge in [-0.1, -0.05) is 30.7 Å². The van der Waals surface area contributed by atoms with E-state index < -0.39 is 0 Å². The molecule has 0 saturated heterocycles. The number of benzene rings is 1. The number of anilines is 1. The van der Waals surface area contributed by atoms with E-state index in [0.29, 0.717) is 17.8 Å². The van der Waals surface area contributed by atoms with Crippen LogP contribution in [0.4, 0.5) is 5.95 Å². The van der Waals surface area contributed by atoms with Crippen LogP contribution in [0, 0.1) is 6.92 Å². The van der Waals surface area contributed by atoms with Gasteiger partial charge in [0.15, 0.2) is 5.82 Å². The largest absolute Gasteiger partial charge is 0.461 e. The van der Waals surface area contributed by atoms with Gasteiger partial charge in [-0.25, -0.2) is 0 Å². The lowest BCUT2D eigenvalue weighted by Gasteiger charge is -2.11. The number of nitrogens with zero attached hydrogens (tertiary/aromatic N) is 3. The quantitative estimate of drug-likeness (QED) is 0.881. The fourth-order valence-electron chi connectivity index (χ4n) is 1.85. The van der Waals surface area contributed by atoms with E-state index in [1.54, 1.807) is 0 Å². The zero-order valence-corrected chi connectivity index (χ0v) is 13.1. The van der Waals surface area contributed by atoms with E-state index in [-0.39, 0.29) is 6.10 Å². The van der Waals surface area contributed by atoms with Crippen LogP contribution in [0.5, 0.6) is 6.01 Å². The molecule has 0 bridgehead atoms. The molecule has 5 heteroatoms. The van der Waals surface area contributed by atoms with Crippen LogP contribution in [0.1, 0.15) is 32.8 Å². The third kappa shape index (κ3) is 4.41. The van der Waals surface area contributed by atoms with Crippen molar-refractivity contribution in [3.63, 3.8) is 0 Å². The Balaban J connectivity index is 2.38. The van der Waals surface area contributed by atoms with Gasteiger partial charge in [0.1, 0.15) is 0 Å². The first-order chi connectivity index (χ1) is 10.1. The molecule has 0 aliphatic heterocycles. The monoisotopic (exact) mass is 286 g/mol. The van der Waals surface area contributed by atoms with Gasteiger partial charge in [0.25, 0.3) is 0 Å². The molecule has 0 amide bonds. The van der Waals surface area contributed by atoms with Crippen molar-refractivity contribution in [1.29, 1.82) is 0 Å². The summed E-state index contributed by atoms with van der Waals surface area (Å²) < 4.78 is 5.62. The summed E-state index contributed by atoms with van der Waals surface area (Å²) in [4.78, 5) is 13.2. The number of nitrogens with one attached hydrogen (secondary N) is 1. The highest BCUT2D eigenvalue weighted by atomic mass is 16.5. The Labute approximate surface area is 125 Å². The first-order valence-electron chi connectivity index (χ1n) is 7.32. The molecule has 1 heterocycles. The number of aromatic nitrogens is 3. The van der Waals surface area contributed by atoms with Crippen LogP contribution >= 0.6 is 0 Å². The summed E-state index contributed by atoms with van der Waals surface area (Å²) >= 11 is 0. The van der Waals surface area contributed by atoms with Gasteiger partial charge in [0.2, 0.25) is 5.95 Å². The third-order valence-corrected chi connectivity index (χ3v) is 2.77. The lowest BCUT2D eigenvalue weighted by molar-refractivity contribution is 0.222. The van der Waals surface area contributed by atoms with E-state index in [1.165, 1.54) is 5.56 Å². The lowest BCUT2D eigenvalue weighted by Crippen LogP contribution is -2.12. The molecular formula is C16H22N4O. The molecule has 0 atom stereocenters. The minimum atomic E-state index is 0.0248. The molecule has 0 saturated carbocycles. The average molecular weight is 286 g/mol. The molecule has 21 heavy (non-hydrogen) atoms.